The number of rotatable bonds is 3. The fourth-order valence-corrected chi connectivity index (χ4v) is 3.45. The van der Waals surface area contributed by atoms with Crippen LogP contribution in [0.1, 0.15) is 33.6 Å². The summed E-state index contributed by atoms with van der Waals surface area (Å²) in [7, 11) is 0. The summed E-state index contributed by atoms with van der Waals surface area (Å²) in [5.74, 6) is -0.696. The maximum absolute atomic E-state index is 12.0. The van der Waals surface area contributed by atoms with Gasteiger partial charge in [0.15, 0.2) is 0 Å². The zero-order valence-corrected chi connectivity index (χ0v) is 11.3. The van der Waals surface area contributed by atoms with E-state index >= 15 is 0 Å². The molecule has 0 bridgehead atoms. The molecule has 1 saturated carbocycles. The molecule has 3 rings (SSSR count). The molecule has 0 radical (unpaired) electrons. The van der Waals surface area contributed by atoms with Crippen LogP contribution < -0.4 is 0 Å². The number of aliphatic hydroxyl groups is 1. The van der Waals surface area contributed by atoms with Gasteiger partial charge in [-0.2, -0.15) is 0 Å². The summed E-state index contributed by atoms with van der Waals surface area (Å²) in [6.45, 7) is 5.49. The first-order chi connectivity index (χ1) is 8.77. The van der Waals surface area contributed by atoms with Crippen molar-refractivity contribution in [2.24, 2.45) is 11.3 Å². The number of aliphatic hydroxyl groups excluding tert-OH is 1. The molecular weight excluding hydrogens is 248 g/mol. The maximum Gasteiger partial charge on any atom is 0.334 e. The number of hydrogen-bond acceptors (Lipinski definition) is 5. The van der Waals surface area contributed by atoms with Gasteiger partial charge in [0.25, 0.3) is 0 Å². The number of fused-ring (bicyclic) bond motifs is 1. The predicted molar refractivity (Wildman–Crippen MR) is 65.0 cm³/mol. The van der Waals surface area contributed by atoms with Gasteiger partial charge in [-0.1, -0.05) is 0 Å². The number of esters is 2. The number of hydrogen-bond donors (Lipinski definition) is 1. The molecule has 1 saturated heterocycles. The summed E-state index contributed by atoms with van der Waals surface area (Å²) < 4.78 is 10.3. The van der Waals surface area contributed by atoms with E-state index < -0.39 is 23.1 Å². The highest BCUT2D eigenvalue weighted by Gasteiger charge is 2.76. The van der Waals surface area contributed by atoms with E-state index in [0.29, 0.717) is 12.0 Å². The van der Waals surface area contributed by atoms with Crippen LogP contribution in [0.5, 0.6) is 0 Å². The van der Waals surface area contributed by atoms with Crippen molar-refractivity contribution < 1.29 is 24.2 Å². The molecule has 5 heteroatoms. The van der Waals surface area contributed by atoms with Crippen LogP contribution in [0.2, 0.25) is 0 Å². The van der Waals surface area contributed by atoms with Crippen LogP contribution in [-0.2, 0) is 19.1 Å². The molecule has 0 aromatic carbocycles. The Kier molecular flexibility index (Phi) is 2.40. The quantitative estimate of drug-likeness (QED) is 0.770. The molecule has 0 aromatic heterocycles. The lowest BCUT2D eigenvalue weighted by atomic mass is 9.89. The average molecular weight is 266 g/mol. The van der Waals surface area contributed by atoms with Gasteiger partial charge in [-0.05, 0) is 33.3 Å². The molecule has 2 heterocycles. The number of ether oxygens (including phenoxy) is 2. The number of carbonyl (C=O) groups is 2. The van der Waals surface area contributed by atoms with E-state index in [1.807, 2.05) is 13.8 Å². The van der Waals surface area contributed by atoms with Crippen molar-refractivity contribution in [3.05, 3.63) is 11.6 Å². The highest BCUT2D eigenvalue weighted by molar-refractivity contribution is 5.91. The third kappa shape index (κ3) is 1.64. The smallest absolute Gasteiger partial charge is 0.334 e. The van der Waals surface area contributed by atoms with Crippen molar-refractivity contribution in [2.45, 2.75) is 51.4 Å². The number of cyclic esters (lactones) is 2. The van der Waals surface area contributed by atoms with E-state index in [9.17, 15) is 14.7 Å². The molecule has 0 amide bonds. The second kappa shape index (κ2) is 3.60. The maximum atomic E-state index is 12.0. The Bertz CT molecular complexity index is 492. The average Bonchev–Trinajstić information content (AvgIpc) is 2.92. The second-order valence-corrected chi connectivity index (χ2v) is 6.31. The minimum absolute atomic E-state index is 0.0398. The first-order valence-electron chi connectivity index (χ1n) is 6.60. The van der Waals surface area contributed by atoms with Crippen LogP contribution >= 0.6 is 0 Å². The second-order valence-electron chi connectivity index (χ2n) is 6.31. The topological polar surface area (TPSA) is 72.8 Å². The van der Waals surface area contributed by atoms with Gasteiger partial charge in [0.1, 0.15) is 17.1 Å². The molecule has 0 spiro atoms. The van der Waals surface area contributed by atoms with Crippen molar-refractivity contribution in [1.29, 1.82) is 0 Å². The molecule has 3 aliphatic rings. The lowest BCUT2D eigenvalue weighted by molar-refractivity contribution is -0.157. The monoisotopic (exact) mass is 266 g/mol. The minimum atomic E-state index is -0.879. The SMILES string of the molecule is CC1C=C(CC(O)C23CC2C(C)(C)OC3=O)C(=O)O1. The lowest BCUT2D eigenvalue weighted by Gasteiger charge is -2.19. The molecule has 1 N–H and O–H groups in total. The molecule has 104 valence electrons. The van der Waals surface area contributed by atoms with E-state index in [0.717, 1.165) is 0 Å². The zero-order valence-electron chi connectivity index (χ0n) is 11.3. The highest BCUT2D eigenvalue weighted by Crippen LogP contribution is 2.67. The Morgan fingerprint density at radius 2 is 2.16 bits per heavy atom. The minimum Gasteiger partial charge on any atom is -0.459 e. The Balaban J connectivity index is 1.77. The molecule has 0 aromatic rings. The van der Waals surface area contributed by atoms with E-state index in [1.54, 1.807) is 13.0 Å². The first kappa shape index (κ1) is 12.7. The van der Waals surface area contributed by atoms with Gasteiger partial charge >= 0.3 is 11.9 Å². The Morgan fingerprint density at radius 3 is 2.58 bits per heavy atom. The molecule has 4 unspecified atom stereocenters. The van der Waals surface area contributed by atoms with Crippen molar-refractivity contribution in [2.75, 3.05) is 0 Å². The van der Waals surface area contributed by atoms with Gasteiger partial charge in [-0.15, -0.1) is 0 Å². The molecular formula is C14H18O5. The van der Waals surface area contributed by atoms with Gasteiger partial charge in [0.05, 0.1) is 6.10 Å². The summed E-state index contributed by atoms with van der Waals surface area (Å²) >= 11 is 0. The third-order valence-electron chi connectivity index (χ3n) is 4.58. The predicted octanol–water partition coefficient (Wildman–Crippen LogP) is 0.951. The Labute approximate surface area is 111 Å². The third-order valence-corrected chi connectivity index (χ3v) is 4.58. The summed E-state index contributed by atoms with van der Waals surface area (Å²) in [5, 5.41) is 10.4. The number of carbonyl (C=O) groups excluding carboxylic acids is 2. The van der Waals surface area contributed by atoms with Crippen LogP contribution in [0, 0.1) is 11.3 Å². The van der Waals surface area contributed by atoms with E-state index in [1.165, 1.54) is 0 Å². The van der Waals surface area contributed by atoms with Crippen LogP contribution in [0.4, 0.5) is 0 Å². The molecule has 5 nitrogen and oxygen atoms in total. The van der Waals surface area contributed by atoms with Gasteiger partial charge in [0, 0.05) is 17.9 Å². The van der Waals surface area contributed by atoms with Crippen molar-refractivity contribution in [3.8, 4) is 0 Å². The highest BCUT2D eigenvalue weighted by atomic mass is 16.6. The van der Waals surface area contributed by atoms with Crippen LogP contribution in [-0.4, -0.2) is 34.9 Å². The van der Waals surface area contributed by atoms with Crippen molar-refractivity contribution >= 4 is 11.9 Å². The largest absolute Gasteiger partial charge is 0.459 e. The van der Waals surface area contributed by atoms with E-state index in [2.05, 4.69) is 0 Å². The first-order valence-corrected chi connectivity index (χ1v) is 6.60. The Morgan fingerprint density at radius 1 is 1.47 bits per heavy atom. The zero-order chi connectivity index (χ0) is 14.0. The van der Waals surface area contributed by atoms with Gasteiger partial charge < -0.3 is 14.6 Å². The fraction of sp³-hybridized carbons (Fsp3) is 0.714. The molecule has 1 aliphatic carbocycles. The van der Waals surface area contributed by atoms with Gasteiger partial charge in [0.2, 0.25) is 0 Å². The van der Waals surface area contributed by atoms with Crippen LogP contribution in [0.15, 0.2) is 11.6 Å². The van der Waals surface area contributed by atoms with Crippen LogP contribution in [0.3, 0.4) is 0 Å². The normalized spacial score (nSPS) is 40.3. The summed E-state index contributed by atoms with van der Waals surface area (Å²) in [4.78, 5) is 23.5. The molecule has 4 atom stereocenters. The summed E-state index contributed by atoms with van der Waals surface area (Å²) in [6.07, 6.45) is 1.36. The molecule has 2 fully saturated rings. The van der Waals surface area contributed by atoms with E-state index in [-0.39, 0.29) is 24.4 Å². The standard InChI is InChI=1S/C14H18O5/c1-7-4-8(11(16)18-7)5-10(15)14-6-9(14)13(2,3)19-12(14)17/h4,7,9-10,15H,5-6H2,1-3H3. The fourth-order valence-electron chi connectivity index (χ4n) is 3.45. The lowest BCUT2D eigenvalue weighted by Crippen LogP contribution is -2.30. The van der Waals surface area contributed by atoms with Gasteiger partial charge in [-0.3, -0.25) is 4.79 Å². The molecule has 19 heavy (non-hydrogen) atoms. The summed E-state index contributed by atoms with van der Waals surface area (Å²) in [5.41, 5.74) is -0.871. The Hall–Kier alpha value is -1.36. The van der Waals surface area contributed by atoms with Crippen LogP contribution in [0.25, 0.3) is 0 Å². The molecule has 2 aliphatic heterocycles. The van der Waals surface area contributed by atoms with Crippen molar-refractivity contribution in [3.63, 3.8) is 0 Å². The van der Waals surface area contributed by atoms with Gasteiger partial charge in [-0.25, -0.2) is 4.79 Å². The van der Waals surface area contributed by atoms with E-state index in [4.69, 9.17) is 9.47 Å². The van der Waals surface area contributed by atoms with Crippen molar-refractivity contribution in [1.82, 2.24) is 0 Å². The summed E-state index contributed by atoms with van der Waals surface area (Å²) in [6, 6.07) is 0.